The standard InChI is InChI=1S/C27H27FN2O3/c28-22-8-11-25-26(16-22)29-33-27(25)21-6-9-24(10-7-21)32-18-23(31)17-30-14-12-20(13-15-30)19-4-2-1-3-5-19/h1-11,16,20,23,31H,12-15,17-18H2/t23-/m0/s1. The Morgan fingerprint density at radius 3 is 2.55 bits per heavy atom. The normalized spacial score (nSPS) is 16.2. The Morgan fingerprint density at radius 2 is 1.79 bits per heavy atom. The number of aliphatic hydroxyl groups excluding tert-OH is 1. The van der Waals surface area contributed by atoms with Crippen LogP contribution in [0.2, 0.25) is 0 Å². The number of aromatic nitrogens is 1. The molecule has 3 aromatic carbocycles. The Morgan fingerprint density at radius 1 is 1.03 bits per heavy atom. The number of halogens is 1. The average molecular weight is 447 g/mol. The Bertz CT molecular complexity index is 1190. The predicted molar refractivity (Wildman–Crippen MR) is 126 cm³/mol. The van der Waals surface area contributed by atoms with Crippen molar-refractivity contribution in [2.45, 2.75) is 24.9 Å². The molecule has 0 spiro atoms. The lowest BCUT2D eigenvalue weighted by Crippen LogP contribution is -2.40. The second kappa shape index (κ2) is 9.73. The molecular formula is C27H27FN2O3. The van der Waals surface area contributed by atoms with Gasteiger partial charge in [-0.1, -0.05) is 35.5 Å². The number of β-amino-alcohol motifs (C(OH)–C–C–N with tert-alkyl or cyclic N) is 1. The second-order valence-corrected chi connectivity index (χ2v) is 8.65. The van der Waals surface area contributed by atoms with Gasteiger partial charge in [-0.25, -0.2) is 4.39 Å². The Hall–Kier alpha value is -3.22. The molecule has 1 saturated heterocycles. The molecule has 2 heterocycles. The van der Waals surface area contributed by atoms with E-state index in [4.69, 9.17) is 9.26 Å². The number of hydrogen-bond donors (Lipinski definition) is 1. The average Bonchev–Trinajstić information content (AvgIpc) is 3.27. The van der Waals surface area contributed by atoms with Crippen molar-refractivity contribution in [3.05, 3.63) is 84.2 Å². The maximum atomic E-state index is 13.4. The number of rotatable bonds is 7. The topological polar surface area (TPSA) is 58.7 Å². The Kier molecular flexibility index (Phi) is 6.37. The fraction of sp³-hybridized carbons (Fsp3) is 0.296. The van der Waals surface area contributed by atoms with Gasteiger partial charge < -0.3 is 19.3 Å². The van der Waals surface area contributed by atoms with Crippen molar-refractivity contribution in [3.8, 4) is 17.1 Å². The van der Waals surface area contributed by atoms with Crippen LogP contribution in [0.4, 0.5) is 4.39 Å². The highest BCUT2D eigenvalue weighted by atomic mass is 19.1. The number of fused-ring (bicyclic) bond motifs is 1. The minimum absolute atomic E-state index is 0.239. The van der Waals surface area contributed by atoms with Gasteiger partial charge >= 0.3 is 0 Å². The third kappa shape index (κ3) is 5.07. The highest BCUT2D eigenvalue weighted by Crippen LogP contribution is 2.30. The van der Waals surface area contributed by atoms with Crippen LogP contribution < -0.4 is 4.74 Å². The van der Waals surface area contributed by atoms with E-state index in [0.29, 0.717) is 29.5 Å². The number of nitrogens with zero attached hydrogens (tertiary/aromatic N) is 2. The summed E-state index contributed by atoms with van der Waals surface area (Å²) in [5, 5.41) is 15.2. The molecule has 5 nitrogen and oxygen atoms in total. The van der Waals surface area contributed by atoms with Crippen molar-refractivity contribution >= 4 is 10.9 Å². The SMILES string of the molecule is O[C@H](COc1ccc(-c2onc3cc(F)ccc23)cc1)CN1CCC(c2ccccc2)CC1. The number of aliphatic hydroxyl groups is 1. The lowest BCUT2D eigenvalue weighted by Gasteiger charge is -2.33. The lowest BCUT2D eigenvalue weighted by atomic mass is 9.89. The summed E-state index contributed by atoms with van der Waals surface area (Å²) in [6.07, 6.45) is 1.68. The molecule has 0 amide bonds. The molecule has 5 rings (SSSR count). The molecule has 1 N–H and O–H groups in total. The van der Waals surface area contributed by atoms with Gasteiger partial charge in [-0.15, -0.1) is 0 Å². The molecule has 0 unspecified atom stereocenters. The van der Waals surface area contributed by atoms with Crippen molar-refractivity contribution in [1.82, 2.24) is 10.1 Å². The van der Waals surface area contributed by atoms with Gasteiger partial charge in [0.25, 0.3) is 0 Å². The monoisotopic (exact) mass is 446 g/mol. The first-order chi connectivity index (χ1) is 16.2. The fourth-order valence-corrected chi connectivity index (χ4v) is 4.54. The van der Waals surface area contributed by atoms with Crippen molar-refractivity contribution in [2.24, 2.45) is 0 Å². The quantitative estimate of drug-likeness (QED) is 0.420. The zero-order valence-corrected chi connectivity index (χ0v) is 18.4. The zero-order valence-electron chi connectivity index (χ0n) is 18.4. The molecule has 6 heteroatoms. The molecule has 1 fully saturated rings. The van der Waals surface area contributed by atoms with Gasteiger partial charge in [-0.05, 0) is 73.8 Å². The maximum Gasteiger partial charge on any atom is 0.174 e. The molecule has 0 saturated carbocycles. The Balaban J connectivity index is 1.11. The minimum atomic E-state index is -0.550. The number of hydrogen-bond acceptors (Lipinski definition) is 5. The predicted octanol–water partition coefficient (Wildman–Crippen LogP) is 5.25. The molecule has 0 bridgehead atoms. The van der Waals surface area contributed by atoms with Crippen LogP contribution in [-0.2, 0) is 0 Å². The third-order valence-electron chi connectivity index (χ3n) is 6.33. The van der Waals surface area contributed by atoms with Crippen LogP contribution in [0, 0.1) is 5.82 Å². The van der Waals surface area contributed by atoms with E-state index in [9.17, 15) is 9.50 Å². The van der Waals surface area contributed by atoms with E-state index >= 15 is 0 Å². The summed E-state index contributed by atoms with van der Waals surface area (Å²) in [5.41, 5.74) is 2.73. The maximum absolute atomic E-state index is 13.4. The van der Waals surface area contributed by atoms with Crippen LogP contribution in [0.15, 0.2) is 77.3 Å². The van der Waals surface area contributed by atoms with Gasteiger partial charge in [0.05, 0.1) is 0 Å². The molecule has 0 radical (unpaired) electrons. The Labute approximate surface area is 192 Å². The van der Waals surface area contributed by atoms with Crippen LogP contribution in [0.25, 0.3) is 22.2 Å². The summed E-state index contributed by atoms with van der Waals surface area (Å²) in [4.78, 5) is 2.31. The van der Waals surface area contributed by atoms with Gasteiger partial charge in [-0.2, -0.15) is 0 Å². The number of piperidine rings is 1. The van der Waals surface area contributed by atoms with Crippen molar-refractivity contribution in [1.29, 1.82) is 0 Å². The molecule has 1 aliphatic heterocycles. The van der Waals surface area contributed by atoms with Gasteiger partial charge in [0.2, 0.25) is 0 Å². The fourth-order valence-electron chi connectivity index (χ4n) is 4.54. The summed E-state index contributed by atoms with van der Waals surface area (Å²) < 4.78 is 24.6. The van der Waals surface area contributed by atoms with Crippen molar-refractivity contribution < 1.29 is 18.8 Å². The number of likely N-dealkylation sites (tertiary alicyclic amines) is 1. The van der Waals surface area contributed by atoms with E-state index in [1.54, 1.807) is 6.07 Å². The summed E-state index contributed by atoms with van der Waals surface area (Å²) in [6, 6.07) is 22.5. The van der Waals surface area contributed by atoms with E-state index in [2.05, 4.69) is 40.4 Å². The van der Waals surface area contributed by atoms with Crippen LogP contribution in [-0.4, -0.2) is 47.5 Å². The first kappa shape index (κ1) is 21.6. The minimum Gasteiger partial charge on any atom is -0.491 e. The molecule has 4 aromatic rings. The van der Waals surface area contributed by atoms with Crippen LogP contribution in [0.3, 0.4) is 0 Å². The first-order valence-corrected chi connectivity index (χ1v) is 11.4. The van der Waals surface area contributed by atoms with Gasteiger partial charge in [0, 0.05) is 23.6 Å². The lowest BCUT2D eigenvalue weighted by molar-refractivity contribution is 0.0594. The molecule has 170 valence electrons. The zero-order chi connectivity index (χ0) is 22.6. The summed E-state index contributed by atoms with van der Waals surface area (Å²) in [6.45, 7) is 2.82. The smallest absolute Gasteiger partial charge is 0.174 e. The van der Waals surface area contributed by atoms with Crippen LogP contribution >= 0.6 is 0 Å². The molecular weight excluding hydrogens is 419 g/mol. The van der Waals surface area contributed by atoms with E-state index in [1.807, 2.05) is 24.3 Å². The van der Waals surface area contributed by atoms with E-state index < -0.39 is 6.10 Å². The van der Waals surface area contributed by atoms with Crippen molar-refractivity contribution in [2.75, 3.05) is 26.2 Å². The summed E-state index contributed by atoms with van der Waals surface area (Å²) >= 11 is 0. The molecule has 1 aromatic heterocycles. The van der Waals surface area contributed by atoms with Gasteiger partial charge in [-0.3, -0.25) is 0 Å². The summed E-state index contributed by atoms with van der Waals surface area (Å²) in [5.74, 6) is 1.53. The second-order valence-electron chi connectivity index (χ2n) is 8.65. The van der Waals surface area contributed by atoms with E-state index in [-0.39, 0.29) is 12.4 Å². The largest absolute Gasteiger partial charge is 0.491 e. The van der Waals surface area contributed by atoms with E-state index in [0.717, 1.165) is 36.9 Å². The molecule has 1 atom stereocenters. The summed E-state index contributed by atoms with van der Waals surface area (Å²) in [7, 11) is 0. The molecule has 1 aliphatic rings. The molecule has 33 heavy (non-hydrogen) atoms. The van der Waals surface area contributed by atoms with Crippen LogP contribution in [0.1, 0.15) is 24.3 Å². The van der Waals surface area contributed by atoms with E-state index in [1.165, 1.54) is 17.7 Å². The van der Waals surface area contributed by atoms with Crippen LogP contribution in [0.5, 0.6) is 5.75 Å². The number of ether oxygens (including phenoxy) is 1. The van der Waals surface area contributed by atoms with Gasteiger partial charge in [0.1, 0.15) is 29.8 Å². The first-order valence-electron chi connectivity index (χ1n) is 11.4. The third-order valence-corrected chi connectivity index (χ3v) is 6.33. The van der Waals surface area contributed by atoms with Crippen molar-refractivity contribution in [3.63, 3.8) is 0 Å². The highest BCUT2D eigenvalue weighted by Gasteiger charge is 2.22. The van der Waals surface area contributed by atoms with Gasteiger partial charge in [0.15, 0.2) is 5.76 Å². The highest BCUT2D eigenvalue weighted by molar-refractivity contribution is 5.91. The molecule has 0 aliphatic carbocycles. The number of benzene rings is 3.